The van der Waals surface area contributed by atoms with Crippen LogP contribution >= 0.6 is 11.3 Å². The van der Waals surface area contributed by atoms with Crippen LogP contribution in [0.4, 0.5) is 10.8 Å². The van der Waals surface area contributed by atoms with E-state index >= 15 is 0 Å². The number of rotatable bonds is 4. The van der Waals surface area contributed by atoms with Crippen molar-refractivity contribution in [2.75, 3.05) is 11.9 Å². The van der Waals surface area contributed by atoms with Gasteiger partial charge in [0.1, 0.15) is 0 Å². The Hall–Kier alpha value is -1.92. The van der Waals surface area contributed by atoms with Crippen molar-refractivity contribution in [1.29, 1.82) is 0 Å². The summed E-state index contributed by atoms with van der Waals surface area (Å²) in [5, 5.41) is 8.60. The molecule has 108 valence electrons. The first-order valence-corrected chi connectivity index (χ1v) is 7.95. The Bertz CT molecular complexity index is 712. The highest BCUT2D eigenvalue weighted by Gasteiger charge is 2.16. The topological polar surface area (TPSA) is 52.0 Å². The van der Waals surface area contributed by atoms with E-state index in [1.165, 1.54) is 4.70 Å². The van der Waals surface area contributed by atoms with Gasteiger partial charge >= 0.3 is 0 Å². The van der Waals surface area contributed by atoms with Gasteiger partial charge in [0.15, 0.2) is 5.13 Å². The number of hydrogen-bond donors (Lipinski definition) is 1. The van der Waals surface area contributed by atoms with Crippen LogP contribution in [0.15, 0.2) is 36.7 Å². The maximum atomic E-state index is 5.63. The van der Waals surface area contributed by atoms with Crippen LogP contribution in [-0.4, -0.2) is 27.5 Å². The molecule has 4 rings (SSSR count). The minimum Gasteiger partial charge on any atom is -0.376 e. The fourth-order valence-electron chi connectivity index (χ4n) is 2.57. The van der Waals surface area contributed by atoms with Gasteiger partial charge in [-0.1, -0.05) is 23.5 Å². The largest absolute Gasteiger partial charge is 0.376 e. The normalized spacial score (nSPS) is 18.4. The monoisotopic (exact) mass is 300 g/mol. The van der Waals surface area contributed by atoms with E-state index in [2.05, 4.69) is 21.5 Å². The third-order valence-corrected chi connectivity index (χ3v) is 4.54. The average molecular weight is 300 g/mol. The second-order valence-electron chi connectivity index (χ2n) is 5.20. The third kappa shape index (κ3) is 2.77. The lowest BCUT2D eigenvalue weighted by molar-refractivity contribution is 0.0940. The predicted octanol–water partition coefficient (Wildman–Crippen LogP) is 3.42. The van der Waals surface area contributed by atoms with Crippen LogP contribution in [0, 0.1) is 0 Å². The molecule has 1 aliphatic heterocycles. The molecule has 5 nitrogen and oxygen atoms in total. The lowest BCUT2D eigenvalue weighted by Gasteiger charge is -2.08. The maximum Gasteiger partial charge on any atom is 0.188 e. The molecule has 1 atom stereocenters. The fraction of sp³-hybridized carbons (Fsp3) is 0.333. The van der Waals surface area contributed by atoms with Crippen LogP contribution < -0.4 is 5.32 Å². The molecule has 3 aromatic rings. The van der Waals surface area contributed by atoms with Gasteiger partial charge in [-0.3, -0.25) is 4.68 Å². The summed E-state index contributed by atoms with van der Waals surface area (Å²) in [7, 11) is 0. The molecule has 1 aromatic carbocycles. The van der Waals surface area contributed by atoms with E-state index in [0.29, 0.717) is 6.10 Å². The molecule has 2 aromatic heterocycles. The second kappa shape index (κ2) is 5.46. The molecular formula is C15H16N4OS. The van der Waals surface area contributed by atoms with E-state index < -0.39 is 0 Å². The average Bonchev–Trinajstić information content (AvgIpc) is 3.20. The van der Waals surface area contributed by atoms with Gasteiger partial charge in [-0.15, -0.1) is 0 Å². The molecule has 0 unspecified atom stereocenters. The van der Waals surface area contributed by atoms with Gasteiger partial charge in [0.25, 0.3) is 0 Å². The van der Waals surface area contributed by atoms with Crippen molar-refractivity contribution in [3.8, 4) is 0 Å². The Kier molecular flexibility index (Phi) is 3.33. The number of ether oxygens (including phenoxy) is 1. The van der Waals surface area contributed by atoms with Crippen molar-refractivity contribution < 1.29 is 4.74 Å². The summed E-state index contributed by atoms with van der Waals surface area (Å²) < 4.78 is 8.76. The van der Waals surface area contributed by atoms with Crippen molar-refractivity contribution in [3.05, 3.63) is 36.7 Å². The number of fused-ring (bicyclic) bond motifs is 1. The second-order valence-corrected chi connectivity index (χ2v) is 6.23. The Morgan fingerprint density at radius 1 is 1.38 bits per heavy atom. The SMILES string of the molecule is c1ccc2sc(Nc3cnn(C[C@@H]4CCCO4)c3)nc2c1. The van der Waals surface area contributed by atoms with Gasteiger partial charge in [-0.2, -0.15) is 5.10 Å². The van der Waals surface area contributed by atoms with E-state index in [-0.39, 0.29) is 0 Å². The number of thiazole rings is 1. The quantitative estimate of drug-likeness (QED) is 0.802. The van der Waals surface area contributed by atoms with Gasteiger partial charge in [-0.25, -0.2) is 4.98 Å². The van der Waals surface area contributed by atoms with Gasteiger partial charge in [0, 0.05) is 12.8 Å². The van der Waals surface area contributed by atoms with E-state index in [9.17, 15) is 0 Å². The smallest absolute Gasteiger partial charge is 0.188 e. The first-order chi connectivity index (χ1) is 10.4. The minimum absolute atomic E-state index is 0.306. The number of hydrogen-bond acceptors (Lipinski definition) is 5. The summed E-state index contributed by atoms with van der Waals surface area (Å²) in [4.78, 5) is 4.57. The molecule has 1 saturated heterocycles. The minimum atomic E-state index is 0.306. The van der Waals surface area contributed by atoms with Crippen LogP contribution in [0.25, 0.3) is 10.2 Å². The first kappa shape index (κ1) is 12.8. The van der Waals surface area contributed by atoms with Crippen LogP contribution in [-0.2, 0) is 11.3 Å². The highest BCUT2D eigenvalue weighted by Crippen LogP contribution is 2.27. The van der Waals surface area contributed by atoms with E-state index in [4.69, 9.17) is 4.74 Å². The molecule has 0 bridgehead atoms. The Balaban J connectivity index is 1.47. The summed E-state index contributed by atoms with van der Waals surface area (Å²) in [6.07, 6.45) is 6.43. The number of para-hydroxylation sites is 1. The van der Waals surface area contributed by atoms with E-state index in [1.807, 2.05) is 35.3 Å². The van der Waals surface area contributed by atoms with Crippen LogP contribution in [0.5, 0.6) is 0 Å². The molecular weight excluding hydrogens is 284 g/mol. The molecule has 21 heavy (non-hydrogen) atoms. The molecule has 0 aliphatic carbocycles. The standard InChI is InChI=1S/C15H16N4OS/c1-2-6-14-13(5-1)18-15(21-14)17-11-8-16-19(9-11)10-12-4-3-7-20-12/h1-2,5-6,8-9,12H,3-4,7,10H2,(H,17,18)/t12-/m0/s1. The summed E-state index contributed by atoms with van der Waals surface area (Å²) in [5.41, 5.74) is 1.99. The van der Waals surface area contributed by atoms with Crippen molar-refractivity contribution in [2.45, 2.75) is 25.5 Å². The van der Waals surface area contributed by atoms with Crippen molar-refractivity contribution in [1.82, 2.24) is 14.8 Å². The zero-order chi connectivity index (χ0) is 14.1. The fourth-order valence-corrected chi connectivity index (χ4v) is 3.46. The molecule has 1 fully saturated rings. The molecule has 0 saturated carbocycles. The summed E-state index contributed by atoms with van der Waals surface area (Å²) in [6, 6.07) is 8.15. The molecule has 6 heteroatoms. The number of benzene rings is 1. The van der Waals surface area contributed by atoms with E-state index in [0.717, 1.165) is 42.3 Å². The third-order valence-electron chi connectivity index (χ3n) is 3.59. The number of anilines is 2. The first-order valence-electron chi connectivity index (χ1n) is 7.13. The maximum absolute atomic E-state index is 5.63. The molecule has 1 N–H and O–H groups in total. The van der Waals surface area contributed by atoms with Crippen LogP contribution in [0.2, 0.25) is 0 Å². The Morgan fingerprint density at radius 3 is 3.19 bits per heavy atom. The number of nitrogens with one attached hydrogen (secondary N) is 1. The van der Waals surface area contributed by atoms with Crippen LogP contribution in [0.3, 0.4) is 0 Å². The van der Waals surface area contributed by atoms with Gasteiger partial charge in [0.05, 0.1) is 34.7 Å². The Morgan fingerprint density at radius 2 is 2.33 bits per heavy atom. The predicted molar refractivity (Wildman–Crippen MR) is 84.1 cm³/mol. The zero-order valence-corrected chi connectivity index (χ0v) is 12.3. The molecule has 0 amide bonds. The molecule has 0 radical (unpaired) electrons. The summed E-state index contributed by atoms with van der Waals surface area (Å²) >= 11 is 1.65. The summed E-state index contributed by atoms with van der Waals surface area (Å²) in [6.45, 7) is 1.70. The lowest BCUT2D eigenvalue weighted by atomic mass is 10.2. The number of aromatic nitrogens is 3. The van der Waals surface area contributed by atoms with Crippen molar-refractivity contribution in [3.63, 3.8) is 0 Å². The Labute approximate surface area is 126 Å². The highest BCUT2D eigenvalue weighted by atomic mass is 32.1. The molecule has 3 heterocycles. The molecule has 0 spiro atoms. The van der Waals surface area contributed by atoms with Crippen molar-refractivity contribution in [2.24, 2.45) is 0 Å². The van der Waals surface area contributed by atoms with Gasteiger partial charge < -0.3 is 10.1 Å². The number of nitrogens with zero attached hydrogens (tertiary/aromatic N) is 3. The summed E-state index contributed by atoms with van der Waals surface area (Å²) in [5.74, 6) is 0. The molecule has 1 aliphatic rings. The highest BCUT2D eigenvalue weighted by molar-refractivity contribution is 7.22. The van der Waals surface area contributed by atoms with Gasteiger partial charge in [-0.05, 0) is 25.0 Å². The van der Waals surface area contributed by atoms with E-state index in [1.54, 1.807) is 11.3 Å². The van der Waals surface area contributed by atoms with Gasteiger partial charge in [0.2, 0.25) is 0 Å². The van der Waals surface area contributed by atoms with Crippen molar-refractivity contribution >= 4 is 32.4 Å². The lowest BCUT2D eigenvalue weighted by Crippen LogP contribution is -2.15. The van der Waals surface area contributed by atoms with Crippen LogP contribution in [0.1, 0.15) is 12.8 Å². The zero-order valence-electron chi connectivity index (χ0n) is 11.5.